The molecule has 5 heteroatoms. The Morgan fingerprint density at radius 1 is 0.846 bits per heavy atom. The molecule has 2 N–H and O–H groups in total. The van der Waals surface area contributed by atoms with E-state index in [-0.39, 0.29) is 17.7 Å². The van der Waals surface area contributed by atoms with E-state index in [1.165, 1.54) is 18.2 Å². The fourth-order valence-corrected chi connectivity index (χ4v) is 3.81. The van der Waals surface area contributed by atoms with Crippen LogP contribution in [0.2, 0.25) is 0 Å². The van der Waals surface area contributed by atoms with Crippen molar-refractivity contribution in [3.8, 4) is 0 Å². The summed E-state index contributed by atoms with van der Waals surface area (Å²) in [6.45, 7) is 0. The third-order valence-corrected chi connectivity index (χ3v) is 5.54. The van der Waals surface area contributed by atoms with Gasteiger partial charge in [-0.1, -0.05) is 37.5 Å². The average molecular weight is 369 g/mol. The average Bonchev–Trinajstić information content (AvgIpc) is 2.69. The van der Waals surface area contributed by atoms with Crippen LogP contribution >= 0.6 is 11.8 Å². The fraction of sp³-hybridized carbons (Fsp3) is 0.333. The first kappa shape index (κ1) is 18.5. The minimum atomic E-state index is -0.0316. The highest BCUT2D eigenvalue weighted by Gasteiger charge is 2.20. The summed E-state index contributed by atoms with van der Waals surface area (Å²) < 4.78 is 0. The van der Waals surface area contributed by atoms with Crippen molar-refractivity contribution in [1.29, 1.82) is 0 Å². The fourth-order valence-electron chi connectivity index (χ4n) is 3.11. The molecule has 1 fully saturated rings. The van der Waals surface area contributed by atoms with E-state index in [0.29, 0.717) is 5.75 Å². The second kappa shape index (κ2) is 9.43. The van der Waals surface area contributed by atoms with E-state index in [9.17, 15) is 9.59 Å². The zero-order valence-corrected chi connectivity index (χ0v) is 15.6. The maximum absolute atomic E-state index is 12.3. The first-order valence-corrected chi connectivity index (χ1v) is 10.1. The standard InChI is InChI=1S/C21H24N2O2S/c24-20(22-17-9-5-2-6-10-17)15-26-19-13-11-18(12-14-19)23-21(25)16-7-3-1-4-8-16/h2,5-6,9-14,16H,1,3-4,7-8,15H2,(H,22,24)(H,23,25). The number of nitrogens with one attached hydrogen (secondary N) is 2. The van der Waals surface area contributed by atoms with Gasteiger partial charge < -0.3 is 10.6 Å². The lowest BCUT2D eigenvalue weighted by Gasteiger charge is -2.20. The molecule has 26 heavy (non-hydrogen) atoms. The van der Waals surface area contributed by atoms with Gasteiger partial charge in [-0.05, 0) is 49.2 Å². The number of hydrogen-bond acceptors (Lipinski definition) is 3. The van der Waals surface area contributed by atoms with Gasteiger partial charge in [-0.15, -0.1) is 11.8 Å². The van der Waals surface area contributed by atoms with Gasteiger partial charge in [0.15, 0.2) is 0 Å². The van der Waals surface area contributed by atoms with Crippen molar-refractivity contribution in [3.05, 3.63) is 54.6 Å². The largest absolute Gasteiger partial charge is 0.326 e. The van der Waals surface area contributed by atoms with Gasteiger partial charge in [-0.2, -0.15) is 0 Å². The molecule has 2 amide bonds. The topological polar surface area (TPSA) is 58.2 Å². The Kier molecular flexibility index (Phi) is 6.72. The molecule has 0 unspecified atom stereocenters. The van der Waals surface area contributed by atoms with Crippen LogP contribution in [-0.2, 0) is 9.59 Å². The summed E-state index contributed by atoms with van der Waals surface area (Å²) in [5.74, 6) is 0.602. The van der Waals surface area contributed by atoms with Crippen molar-refractivity contribution in [3.63, 3.8) is 0 Å². The van der Waals surface area contributed by atoms with Crippen LogP contribution < -0.4 is 10.6 Å². The van der Waals surface area contributed by atoms with Crippen molar-refractivity contribution in [2.45, 2.75) is 37.0 Å². The second-order valence-electron chi connectivity index (χ2n) is 6.55. The zero-order chi connectivity index (χ0) is 18.2. The number of carbonyl (C=O) groups excluding carboxylic acids is 2. The van der Waals surface area contributed by atoms with Crippen LogP contribution in [0.1, 0.15) is 32.1 Å². The van der Waals surface area contributed by atoms with Gasteiger partial charge in [-0.3, -0.25) is 9.59 Å². The maximum Gasteiger partial charge on any atom is 0.234 e. The quantitative estimate of drug-likeness (QED) is 0.710. The molecular weight excluding hydrogens is 344 g/mol. The van der Waals surface area contributed by atoms with E-state index in [1.54, 1.807) is 0 Å². The molecule has 0 spiro atoms. The molecule has 0 atom stereocenters. The number of anilines is 2. The van der Waals surface area contributed by atoms with E-state index in [1.807, 2.05) is 54.6 Å². The second-order valence-corrected chi connectivity index (χ2v) is 7.60. The molecule has 0 aromatic heterocycles. The van der Waals surface area contributed by atoms with Gasteiger partial charge in [-0.25, -0.2) is 0 Å². The molecule has 2 aromatic rings. The Labute approximate surface area is 158 Å². The molecule has 1 saturated carbocycles. The highest BCUT2D eigenvalue weighted by molar-refractivity contribution is 8.00. The SMILES string of the molecule is O=C(CSc1ccc(NC(=O)C2CCCCC2)cc1)Nc1ccccc1. The number of thioether (sulfide) groups is 1. The van der Waals surface area contributed by atoms with Gasteiger partial charge in [0.05, 0.1) is 5.75 Å². The van der Waals surface area contributed by atoms with E-state index in [0.717, 1.165) is 42.0 Å². The van der Waals surface area contributed by atoms with Crippen LogP contribution in [0.4, 0.5) is 11.4 Å². The van der Waals surface area contributed by atoms with Gasteiger partial charge >= 0.3 is 0 Å². The monoisotopic (exact) mass is 368 g/mol. The Hall–Kier alpha value is -2.27. The Balaban J connectivity index is 1.45. The molecule has 2 aromatic carbocycles. The van der Waals surface area contributed by atoms with Crippen LogP contribution in [0.3, 0.4) is 0 Å². The predicted molar refractivity (Wildman–Crippen MR) is 107 cm³/mol. The molecule has 1 aliphatic rings. The smallest absolute Gasteiger partial charge is 0.234 e. The van der Waals surface area contributed by atoms with Crippen LogP contribution in [0.15, 0.2) is 59.5 Å². The van der Waals surface area contributed by atoms with Crippen LogP contribution in [0, 0.1) is 5.92 Å². The summed E-state index contributed by atoms with van der Waals surface area (Å²) in [4.78, 5) is 25.3. The number of amides is 2. The van der Waals surface area contributed by atoms with Crippen LogP contribution in [0.25, 0.3) is 0 Å². The summed E-state index contributed by atoms with van der Waals surface area (Å²) in [7, 11) is 0. The minimum Gasteiger partial charge on any atom is -0.326 e. The normalized spacial score (nSPS) is 14.6. The predicted octanol–water partition coefficient (Wildman–Crippen LogP) is 4.94. The van der Waals surface area contributed by atoms with Crippen molar-refractivity contribution in [2.75, 3.05) is 16.4 Å². The van der Waals surface area contributed by atoms with Gasteiger partial charge in [0, 0.05) is 22.2 Å². The summed E-state index contributed by atoms with van der Waals surface area (Å²) in [6, 6.07) is 17.1. The number of carbonyl (C=O) groups is 2. The summed E-state index contributed by atoms with van der Waals surface area (Å²) in [5, 5.41) is 5.88. The highest BCUT2D eigenvalue weighted by Crippen LogP contribution is 2.26. The number of rotatable bonds is 6. The van der Waals surface area contributed by atoms with Crippen molar-refractivity contribution >= 4 is 35.0 Å². The molecule has 0 radical (unpaired) electrons. The maximum atomic E-state index is 12.3. The molecule has 0 aliphatic heterocycles. The van der Waals surface area contributed by atoms with Gasteiger partial charge in [0.2, 0.25) is 11.8 Å². The highest BCUT2D eigenvalue weighted by atomic mass is 32.2. The molecule has 0 heterocycles. The minimum absolute atomic E-state index is 0.0316. The Bertz CT molecular complexity index is 725. The van der Waals surface area contributed by atoms with E-state index < -0.39 is 0 Å². The first-order chi connectivity index (χ1) is 12.7. The number of benzene rings is 2. The zero-order valence-electron chi connectivity index (χ0n) is 14.7. The Morgan fingerprint density at radius 2 is 1.50 bits per heavy atom. The third-order valence-electron chi connectivity index (χ3n) is 4.53. The molecule has 136 valence electrons. The molecular formula is C21H24N2O2S. The first-order valence-electron chi connectivity index (χ1n) is 9.09. The van der Waals surface area contributed by atoms with Gasteiger partial charge in [0.25, 0.3) is 0 Å². The molecule has 1 aliphatic carbocycles. The molecule has 3 rings (SSSR count). The third kappa shape index (κ3) is 5.63. The van der Waals surface area contributed by atoms with Gasteiger partial charge in [0.1, 0.15) is 0 Å². The molecule has 4 nitrogen and oxygen atoms in total. The molecule has 0 saturated heterocycles. The van der Waals surface area contributed by atoms with Crippen molar-refractivity contribution < 1.29 is 9.59 Å². The lowest BCUT2D eigenvalue weighted by molar-refractivity contribution is -0.120. The lowest BCUT2D eigenvalue weighted by atomic mass is 9.88. The number of para-hydroxylation sites is 1. The van der Waals surface area contributed by atoms with E-state index in [2.05, 4.69) is 10.6 Å². The Morgan fingerprint density at radius 3 is 2.19 bits per heavy atom. The molecule has 0 bridgehead atoms. The summed E-state index contributed by atoms with van der Waals surface area (Å²) in [5.41, 5.74) is 1.62. The van der Waals surface area contributed by atoms with Crippen LogP contribution in [0.5, 0.6) is 0 Å². The lowest BCUT2D eigenvalue weighted by Crippen LogP contribution is -2.24. The van der Waals surface area contributed by atoms with Crippen molar-refractivity contribution in [2.24, 2.45) is 5.92 Å². The van der Waals surface area contributed by atoms with Crippen LogP contribution in [-0.4, -0.2) is 17.6 Å². The number of hydrogen-bond donors (Lipinski definition) is 2. The summed E-state index contributed by atoms with van der Waals surface area (Å²) in [6.07, 6.45) is 5.54. The van der Waals surface area contributed by atoms with Crippen molar-refractivity contribution in [1.82, 2.24) is 0 Å². The summed E-state index contributed by atoms with van der Waals surface area (Å²) >= 11 is 1.48. The van der Waals surface area contributed by atoms with E-state index >= 15 is 0 Å². The van der Waals surface area contributed by atoms with E-state index in [4.69, 9.17) is 0 Å².